The van der Waals surface area contributed by atoms with Gasteiger partial charge in [-0.3, -0.25) is 0 Å². The van der Waals surface area contributed by atoms with E-state index in [1.807, 2.05) is 0 Å². The van der Waals surface area contributed by atoms with Crippen LogP contribution in [0.2, 0.25) is 5.02 Å². The number of carbonyl (C=O) groups is 1. The summed E-state index contributed by atoms with van der Waals surface area (Å²) in [4.78, 5) is 12.0. The maximum Gasteiger partial charge on any atom is 0.339 e. The van der Waals surface area contributed by atoms with Crippen LogP contribution < -0.4 is 4.74 Å². The minimum absolute atomic E-state index is 0.00363. The Kier molecular flexibility index (Phi) is 4.78. The van der Waals surface area contributed by atoms with Crippen molar-refractivity contribution in [3.8, 4) is 11.5 Å². The quantitative estimate of drug-likeness (QED) is 0.699. The second kappa shape index (κ2) is 6.65. The molecule has 2 aromatic carbocycles. The molecule has 142 valence electrons. The fourth-order valence-electron chi connectivity index (χ4n) is 2.66. The molecule has 5 nitrogen and oxygen atoms in total. The van der Waals surface area contributed by atoms with E-state index in [4.69, 9.17) is 21.1 Å². The van der Waals surface area contributed by atoms with E-state index in [9.17, 15) is 17.6 Å². The largest absolute Gasteiger partial charge is 0.456 e. The normalized spacial score (nSPS) is 16.0. The lowest BCUT2D eigenvalue weighted by atomic mass is 10.0. The van der Waals surface area contributed by atoms with Gasteiger partial charge in [-0.25, -0.2) is 17.6 Å². The Morgan fingerprint density at radius 1 is 1.15 bits per heavy atom. The van der Waals surface area contributed by atoms with Crippen molar-refractivity contribution < 1.29 is 27.1 Å². The minimum atomic E-state index is -3.62. The summed E-state index contributed by atoms with van der Waals surface area (Å²) in [6.07, 6.45) is 2.70. The number of sulfone groups is 1. The number of esters is 1. The van der Waals surface area contributed by atoms with Gasteiger partial charge in [-0.15, -0.1) is 0 Å². The van der Waals surface area contributed by atoms with Crippen LogP contribution in [0, 0.1) is 5.82 Å². The van der Waals surface area contributed by atoms with Gasteiger partial charge in [-0.05, 0) is 49.8 Å². The highest BCUT2D eigenvalue weighted by atomic mass is 35.5. The van der Waals surface area contributed by atoms with Crippen molar-refractivity contribution in [3.63, 3.8) is 0 Å². The zero-order valence-electron chi connectivity index (χ0n) is 14.7. The number of hydrogen-bond acceptors (Lipinski definition) is 5. The highest BCUT2D eigenvalue weighted by molar-refractivity contribution is 7.90. The van der Waals surface area contributed by atoms with Crippen LogP contribution in [-0.2, 0) is 19.4 Å². The fraction of sp³-hybridized carbons (Fsp3) is 0.211. The SMILES string of the molecule is CC1(C)C=C(c2ccc(S(C)(=O)=O)c(Oc3ccc(F)c(Cl)c3)c2)C(=O)O1. The van der Waals surface area contributed by atoms with Crippen LogP contribution in [0.4, 0.5) is 4.39 Å². The molecule has 1 heterocycles. The van der Waals surface area contributed by atoms with Crippen LogP contribution >= 0.6 is 11.6 Å². The molecule has 0 spiro atoms. The monoisotopic (exact) mass is 410 g/mol. The number of halogens is 2. The molecule has 27 heavy (non-hydrogen) atoms. The third-order valence-electron chi connectivity index (χ3n) is 3.84. The Morgan fingerprint density at radius 2 is 1.85 bits per heavy atom. The van der Waals surface area contributed by atoms with E-state index in [1.165, 1.54) is 30.3 Å². The van der Waals surface area contributed by atoms with Crippen molar-refractivity contribution in [2.75, 3.05) is 6.26 Å². The molecule has 0 saturated carbocycles. The molecule has 8 heteroatoms. The van der Waals surface area contributed by atoms with Gasteiger partial charge >= 0.3 is 5.97 Å². The summed E-state index contributed by atoms with van der Waals surface area (Å²) in [5.74, 6) is -0.979. The van der Waals surface area contributed by atoms with Gasteiger partial charge in [0.15, 0.2) is 9.84 Å². The lowest BCUT2D eigenvalue weighted by Gasteiger charge is -2.13. The van der Waals surface area contributed by atoms with Gasteiger partial charge in [-0.2, -0.15) is 0 Å². The lowest BCUT2D eigenvalue weighted by molar-refractivity contribution is -0.142. The number of ether oxygens (including phenoxy) is 2. The first-order valence-electron chi connectivity index (χ1n) is 7.90. The summed E-state index contributed by atoms with van der Waals surface area (Å²) >= 11 is 5.75. The Hall–Kier alpha value is -2.38. The first-order chi connectivity index (χ1) is 12.5. The van der Waals surface area contributed by atoms with Crippen molar-refractivity contribution in [1.29, 1.82) is 0 Å². The molecule has 0 aromatic heterocycles. The summed E-state index contributed by atoms with van der Waals surface area (Å²) in [5, 5.41) is -0.159. The van der Waals surface area contributed by atoms with Crippen LogP contribution in [0.1, 0.15) is 19.4 Å². The Bertz CT molecular complexity index is 1070. The second-order valence-electron chi connectivity index (χ2n) is 6.66. The van der Waals surface area contributed by atoms with Gasteiger partial charge in [0.2, 0.25) is 0 Å². The maximum atomic E-state index is 13.3. The van der Waals surface area contributed by atoms with Crippen LogP contribution in [0.3, 0.4) is 0 Å². The molecule has 0 atom stereocenters. The fourth-order valence-corrected chi connectivity index (χ4v) is 3.61. The van der Waals surface area contributed by atoms with Crippen molar-refractivity contribution in [1.82, 2.24) is 0 Å². The van der Waals surface area contributed by atoms with E-state index < -0.39 is 27.2 Å². The second-order valence-corrected chi connectivity index (χ2v) is 9.05. The first-order valence-corrected chi connectivity index (χ1v) is 10.2. The summed E-state index contributed by atoms with van der Waals surface area (Å²) in [7, 11) is -3.62. The molecule has 0 radical (unpaired) electrons. The average molecular weight is 411 g/mol. The minimum Gasteiger partial charge on any atom is -0.456 e. The molecule has 0 bridgehead atoms. The summed E-state index contributed by atoms with van der Waals surface area (Å²) < 4.78 is 48.4. The van der Waals surface area contributed by atoms with E-state index in [-0.39, 0.29) is 21.4 Å². The van der Waals surface area contributed by atoms with Crippen molar-refractivity contribution in [2.45, 2.75) is 24.3 Å². The highest BCUT2D eigenvalue weighted by Crippen LogP contribution is 2.36. The lowest BCUT2D eigenvalue weighted by Crippen LogP contribution is -2.17. The Balaban J connectivity index is 2.09. The van der Waals surface area contributed by atoms with E-state index in [1.54, 1.807) is 19.9 Å². The number of carbonyl (C=O) groups excluding carboxylic acids is 1. The Morgan fingerprint density at radius 3 is 2.41 bits per heavy atom. The smallest absolute Gasteiger partial charge is 0.339 e. The standard InChI is InChI=1S/C19H16ClFO5S/c1-19(2)10-13(18(22)26-19)11-4-7-17(27(3,23)24)16(8-11)25-12-5-6-15(21)14(20)9-12/h4-10H,1-3H3. The molecular formula is C19H16ClFO5S. The molecule has 1 aliphatic rings. The average Bonchev–Trinajstić information content (AvgIpc) is 2.82. The van der Waals surface area contributed by atoms with Crippen LogP contribution in [0.5, 0.6) is 11.5 Å². The zero-order chi connectivity index (χ0) is 20.0. The van der Waals surface area contributed by atoms with Crippen LogP contribution in [0.15, 0.2) is 47.4 Å². The van der Waals surface area contributed by atoms with Crippen molar-refractivity contribution >= 4 is 33.0 Å². The molecule has 3 rings (SSSR count). The maximum absolute atomic E-state index is 13.3. The molecule has 0 unspecified atom stereocenters. The first kappa shape index (κ1) is 19.4. The number of hydrogen-bond donors (Lipinski definition) is 0. The van der Waals surface area contributed by atoms with E-state index in [0.29, 0.717) is 11.1 Å². The third kappa shape index (κ3) is 4.14. The van der Waals surface area contributed by atoms with Crippen LogP contribution in [0.25, 0.3) is 5.57 Å². The van der Waals surface area contributed by atoms with Gasteiger partial charge in [0, 0.05) is 12.3 Å². The molecule has 2 aromatic rings. The molecule has 0 fully saturated rings. The zero-order valence-corrected chi connectivity index (χ0v) is 16.3. The third-order valence-corrected chi connectivity index (χ3v) is 5.27. The molecule has 1 aliphatic heterocycles. The van der Waals surface area contributed by atoms with Gasteiger partial charge < -0.3 is 9.47 Å². The van der Waals surface area contributed by atoms with Gasteiger partial charge in [-0.1, -0.05) is 17.7 Å². The van der Waals surface area contributed by atoms with Crippen molar-refractivity contribution in [2.24, 2.45) is 0 Å². The molecule has 0 aliphatic carbocycles. The number of rotatable bonds is 4. The predicted molar refractivity (Wildman–Crippen MR) is 99.2 cm³/mol. The molecular weight excluding hydrogens is 395 g/mol. The topological polar surface area (TPSA) is 69.7 Å². The van der Waals surface area contributed by atoms with Gasteiger partial charge in [0.05, 0.1) is 10.6 Å². The predicted octanol–water partition coefficient (Wildman–Crippen LogP) is 4.39. The van der Waals surface area contributed by atoms with Gasteiger partial charge in [0.25, 0.3) is 0 Å². The number of cyclic esters (lactones) is 1. The van der Waals surface area contributed by atoms with E-state index in [0.717, 1.165) is 12.3 Å². The molecule has 0 saturated heterocycles. The van der Waals surface area contributed by atoms with E-state index in [2.05, 4.69) is 0 Å². The number of benzene rings is 2. The van der Waals surface area contributed by atoms with Gasteiger partial charge in [0.1, 0.15) is 27.8 Å². The van der Waals surface area contributed by atoms with Crippen LogP contribution in [-0.4, -0.2) is 26.2 Å². The summed E-state index contributed by atoms with van der Waals surface area (Å²) in [6, 6.07) is 7.97. The molecule has 0 amide bonds. The Labute approximate surface area is 161 Å². The summed E-state index contributed by atoms with van der Waals surface area (Å²) in [5.41, 5.74) is -0.00354. The highest BCUT2D eigenvalue weighted by Gasteiger charge is 2.33. The van der Waals surface area contributed by atoms with Crippen molar-refractivity contribution in [3.05, 3.63) is 58.9 Å². The summed E-state index contributed by atoms with van der Waals surface area (Å²) in [6.45, 7) is 3.47. The molecule has 0 N–H and O–H groups in total. The van der Waals surface area contributed by atoms with E-state index >= 15 is 0 Å².